The molecule has 1 fully saturated rings. The molecule has 2 nitrogen and oxygen atoms in total. The summed E-state index contributed by atoms with van der Waals surface area (Å²) in [6, 6.07) is 22.6. The van der Waals surface area contributed by atoms with Crippen LogP contribution in [0.5, 0.6) is 0 Å². The highest BCUT2D eigenvalue weighted by molar-refractivity contribution is 5.87. The lowest BCUT2D eigenvalue weighted by Crippen LogP contribution is -2.39. The van der Waals surface area contributed by atoms with Gasteiger partial charge in [-0.25, -0.2) is 0 Å². The van der Waals surface area contributed by atoms with E-state index in [0.717, 1.165) is 19.1 Å². The summed E-state index contributed by atoms with van der Waals surface area (Å²) in [5.41, 5.74) is 3.99. The van der Waals surface area contributed by atoms with Crippen LogP contribution < -0.4 is 0 Å². The number of likely N-dealkylation sites (tertiary alicyclic amines) is 1. The largest absolute Gasteiger partial charge is 0.339 e. The van der Waals surface area contributed by atoms with E-state index in [9.17, 15) is 0 Å². The van der Waals surface area contributed by atoms with Gasteiger partial charge in [-0.3, -0.25) is 4.90 Å². The second-order valence-corrected chi connectivity index (χ2v) is 6.99. The van der Waals surface area contributed by atoms with Crippen molar-refractivity contribution in [2.24, 2.45) is 0 Å². The summed E-state index contributed by atoms with van der Waals surface area (Å²) < 4.78 is 2.51. The molecule has 1 unspecified atom stereocenters. The first-order valence-electron chi connectivity index (χ1n) is 9.21. The molecule has 0 amide bonds. The van der Waals surface area contributed by atoms with Gasteiger partial charge in [-0.15, -0.1) is 0 Å². The van der Waals surface area contributed by atoms with Crippen molar-refractivity contribution >= 4 is 10.9 Å². The molecular formula is C22H26N2. The lowest BCUT2D eigenvalue weighted by molar-refractivity contribution is 0.156. The Hall–Kier alpha value is -2.06. The fourth-order valence-electron chi connectivity index (χ4n) is 4.02. The van der Waals surface area contributed by atoms with Gasteiger partial charge in [0.05, 0.1) is 0 Å². The summed E-state index contributed by atoms with van der Waals surface area (Å²) in [5.74, 6) is 0. The number of aromatic nitrogens is 1. The van der Waals surface area contributed by atoms with E-state index in [-0.39, 0.29) is 0 Å². The van der Waals surface area contributed by atoms with Crippen LogP contribution in [0.2, 0.25) is 0 Å². The summed E-state index contributed by atoms with van der Waals surface area (Å²) in [5, 5.41) is 1.34. The number of hydrogen-bond donors (Lipinski definition) is 0. The molecule has 2 heteroatoms. The van der Waals surface area contributed by atoms with Crippen molar-refractivity contribution in [3.8, 4) is 11.3 Å². The minimum Gasteiger partial charge on any atom is -0.339 e. The van der Waals surface area contributed by atoms with Crippen LogP contribution in [0.1, 0.15) is 26.2 Å². The fraction of sp³-hybridized carbons (Fsp3) is 0.364. The van der Waals surface area contributed by atoms with Crippen LogP contribution in [0.4, 0.5) is 0 Å². The number of para-hydroxylation sites is 1. The Bertz CT molecular complexity index is 803. The summed E-state index contributed by atoms with van der Waals surface area (Å²) in [4.78, 5) is 2.66. The lowest BCUT2D eigenvalue weighted by atomic mass is 10.0. The highest BCUT2D eigenvalue weighted by atomic mass is 15.2. The van der Waals surface area contributed by atoms with Crippen molar-refractivity contribution in [2.45, 2.75) is 38.8 Å². The summed E-state index contributed by atoms with van der Waals surface area (Å²) in [6.07, 6.45) is 4.08. The van der Waals surface area contributed by atoms with Gasteiger partial charge in [0, 0.05) is 35.7 Å². The van der Waals surface area contributed by atoms with Crippen molar-refractivity contribution in [3.63, 3.8) is 0 Å². The van der Waals surface area contributed by atoms with Gasteiger partial charge in [-0.1, -0.05) is 55.0 Å². The molecule has 0 N–H and O–H groups in total. The molecular weight excluding hydrogens is 292 g/mol. The molecule has 2 heterocycles. The SMILES string of the molecule is CC1CCCCN1CCn1c(-c2ccccc2)cc2ccccc21. The molecule has 3 aromatic rings. The fourth-order valence-corrected chi connectivity index (χ4v) is 4.02. The Balaban J connectivity index is 1.67. The maximum absolute atomic E-state index is 2.66. The zero-order valence-corrected chi connectivity index (χ0v) is 14.5. The standard InChI is InChI=1S/C22H26N2/c1-18-9-7-8-14-23(18)15-16-24-21-13-6-5-12-20(21)17-22(24)19-10-3-2-4-11-19/h2-6,10-13,17-18H,7-9,14-16H2,1H3. The van der Waals surface area contributed by atoms with Gasteiger partial charge in [-0.2, -0.15) is 0 Å². The van der Waals surface area contributed by atoms with Crippen LogP contribution in [0.15, 0.2) is 60.7 Å². The van der Waals surface area contributed by atoms with Gasteiger partial charge < -0.3 is 4.57 Å². The molecule has 1 saturated heterocycles. The Morgan fingerprint density at radius 3 is 2.54 bits per heavy atom. The summed E-state index contributed by atoms with van der Waals surface area (Å²) >= 11 is 0. The molecule has 1 aliphatic rings. The molecule has 2 aromatic carbocycles. The number of piperidine rings is 1. The predicted molar refractivity (Wildman–Crippen MR) is 102 cm³/mol. The topological polar surface area (TPSA) is 8.17 Å². The van der Waals surface area contributed by atoms with Gasteiger partial charge in [0.25, 0.3) is 0 Å². The highest BCUT2D eigenvalue weighted by Crippen LogP contribution is 2.28. The molecule has 0 saturated carbocycles. The van der Waals surface area contributed by atoms with E-state index in [1.54, 1.807) is 0 Å². The molecule has 0 bridgehead atoms. The van der Waals surface area contributed by atoms with Crippen LogP contribution in [0, 0.1) is 0 Å². The van der Waals surface area contributed by atoms with E-state index in [1.165, 1.54) is 48.0 Å². The monoisotopic (exact) mass is 318 g/mol. The molecule has 1 aliphatic heterocycles. The van der Waals surface area contributed by atoms with Crippen LogP contribution in [0.25, 0.3) is 22.2 Å². The number of fused-ring (bicyclic) bond motifs is 1. The Labute approximate surface area is 144 Å². The minimum absolute atomic E-state index is 0.723. The average Bonchev–Trinajstić information content (AvgIpc) is 3.00. The zero-order chi connectivity index (χ0) is 16.4. The molecule has 1 atom stereocenters. The van der Waals surface area contributed by atoms with Gasteiger partial charge in [-0.05, 0) is 44.0 Å². The average molecular weight is 318 g/mol. The number of benzene rings is 2. The van der Waals surface area contributed by atoms with E-state index in [1.807, 2.05) is 0 Å². The number of rotatable bonds is 4. The van der Waals surface area contributed by atoms with Gasteiger partial charge in [0.15, 0.2) is 0 Å². The quantitative estimate of drug-likeness (QED) is 0.643. The van der Waals surface area contributed by atoms with Crippen molar-refractivity contribution in [3.05, 3.63) is 60.7 Å². The van der Waals surface area contributed by atoms with E-state index in [4.69, 9.17) is 0 Å². The van der Waals surface area contributed by atoms with Crippen LogP contribution in [0.3, 0.4) is 0 Å². The third-order valence-electron chi connectivity index (χ3n) is 5.43. The molecule has 124 valence electrons. The van der Waals surface area contributed by atoms with Gasteiger partial charge in [0.2, 0.25) is 0 Å². The third-order valence-corrected chi connectivity index (χ3v) is 5.43. The first kappa shape index (κ1) is 15.5. The minimum atomic E-state index is 0.723. The Morgan fingerprint density at radius 1 is 0.917 bits per heavy atom. The van der Waals surface area contributed by atoms with E-state index in [2.05, 4.69) is 77.1 Å². The van der Waals surface area contributed by atoms with E-state index in [0.29, 0.717) is 0 Å². The summed E-state index contributed by atoms with van der Waals surface area (Å²) in [7, 11) is 0. The van der Waals surface area contributed by atoms with E-state index >= 15 is 0 Å². The third kappa shape index (κ3) is 2.99. The second kappa shape index (κ2) is 6.82. The molecule has 0 aliphatic carbocycles. The lowest BCUT2D eigenvalue weighted by Gasteiger charge is -2.33. The molecule has 4 rings (SSSR count). The Kier molecular flexibility index (Phi) is 4.40. The van der Waals surface area contributed by atoms with Crippen LogP contribution in [-0.2, 0) is 6.54 Å². The van der Waals surface area contributed by atoms with Gasteiger partial charge >= 0.3 is 0 Å². The first-order valence-corrected chi connectivity index (χ1v) is 9.21. The first-order chi connectivity index (χ1) is 11.8. The molecule has 24 heavy (non-hydrogen) atoms. The number of nitrogens with zero attached hydrogens (tertiary/aromatic N) is 2. The molecule has 0 spiro atoms. The van der Waals surface area contributed by atoms with Crippen molar-refractivity contribution in [2.75, 3.05) is 13.1 Å². The normalized spacial score (nSPS) is 19.0. The Morgan fingerprint density at radius 2 is 1.71 bits per heavy atom. The van der Waals surface area contributed by atoms with E-state index < -0.39 is 0 Å². The predicted octanol–water partition coefficient (Wildman–Crippen LogP) is 5.18. The summed E-state index contributed by atoms with van der Waals surface area (Å²) in [6.45, 7) is 5.83. The smallest absolute Gasteiger partial charge is 0.0491 e. The van der Waals surface area contributed by atoms with Crippen molar-refractivity contribution in [1.29, 1.82) is 0 Å². The van der Waals surface area contributed by atoms with Crippen LogP contribution in [-0.4, -0.2) is 28.6 Å². The van der Waals surface area contributed by atoms with Crippen LogP contribution >= 0.6 is 0 Å². The second-order valence-electron chi connectivity index (χ2n) is 6.99. The molecule has 1 aromatic heterocycles. The highest BCUT2D eigenvalue weighted by Gasteiger charge is 2.18. The maximum Gasteiger partial charge on any atom is 0.0491 e. The van der Waals surface area contributed by atoms with Gasteiger partial charge in [0.1, 0.15) is 0 Å². The molecule has 0 radical (unpaired) electrons. The number of hydrogen-bond acceptors (Lipinski definition) is 1. The van der Waals surface area contributed by atoms with Crippen molar-refractivity contribution in [1.82, 2.24) is 9.47 Å². The maximum atomic E-state index is 2.66. The van der Waals surface area contributed by atoms with Crippen molar-refractivity contribution < 1.29 is 0 Å². The zero-order valence-electron chi connectivity index (χ0n) is 14.5.